The van der Waals surface area contributed by atoms with Gasteiger partial charge in [0.15, 0.2) is 0 Å². The molecule has 2 aromatic heterocycles. The minimum atomic E-state index is -0.490. The molecule has 3 aromatic rings. The lowest BCUT2D eigenvalue weighted by atomic mass is 10.1. The fourth-order valence-electron chi connectivity index (χ4n) is 2.16. The molecule has 0 aliphatic carbocycles. The zero-order valence-electron chi connectivity index (χ0n) is 12.1. The highest BCUT2D eigenvalue weighted by molar-refractivity contribution is 5.86. The predicted octanol–water partition coefficient (Wildman–Crippen LogP) is 2.48. The first kappa shape index (κ1) is 13.4. The van der Waals surface area contributed by atoms with E-state index in [4.69, 9.17) is 4.42 Å². The van der Waals surface area contributed by atoms with Gasteiger partial charge in [-0.25, -0.2) is 9.48 Å². The molecule has 3 rings (SSSR count). The fraction of sp³-hybridized carbons (Fsp3) is 0.267. The lowest BCUT2D eigenvalue weighted by Gasteiger charge is -2.02. The minimum absolute atomic E-state index is 0.184. The number of furan rings is 1. The lowest BCUT2D eigenvalue weighted by Crippen LogP contribution is -2.02. The van der Waals surface area contributed by atoms with Crippen molar-refractivity contribution in [1.29, 1.82) is 0 Å². The molecule has 108 valence electrons. The van der Waals surface area contributed by atoms with Gasteiger partial charge in [0.05, 0.1) is 12.6 Å². The van der Waals surface area contributed by atoms with Crippen LogP contribution < -0.4 is 0 Å². The molecule has 1 aromatic carbocycles. The summed E-state index contributed by atoms with van der Waals surface area (Å²) in [6.45, 7) is 4.51. The van der Waals surface area contributed by atoms with Crippen LogP contribution in [0.15, 0.2) is 28.7 Å². The summed E-state index contributed by atoms with van der Waals surface area (Å²) in [5, 5.41) is 8.29. The van der Waals surface area contributed by atoms with Crippen molar-refractivity contribution < 1.29 is 13.9 Å². The Hall–Kier alpha value is -2.63. The zero-order valence-corrected chi connectivity index (χ0v) is 12.1. The molecule has 0 spiro atoms. The van der Waals surface area contributed by atoms with E-state index < -0.39 is 5.97 Å². The molecule has 0 bridgehead atoms. The third-order valence-electron chi connectivity index (χ3n) is 3.48. The Morgan fingerprint density at radius 1 is 1.29 bits per heavy atom. The first-order valence-corrected chi connectivity index (χ1v) is 6.56. The van der Waals surface area contributed by atoms with Crippen LogP contribution in [0.4, 0.5) is 0 Å². The van der Waals surface area contributed by atoms with Gasteiger partial charge in [0, 0.05) is 0 Å². The molecular weight excluding hydrogens is 270 g/mol. The second-order valence-corrected chi connectivity index (χ2v) is 4.93. The number of ether oxygens (including phenoxy) is 1. The number of hydrogen-bond donors (Lipinski definition) is 0. The zero-order chi connectivity index (χ0) is 15.0. The molecule has 0 saturated carbocycles. The van der Waals surface area contributed by atoms with Crippen molar-refractivity contribution >= 4 is 17.0 Å². The Morgan fingerprint density at radius 3 is 2.81 bits per heavy atom. The van der Waals surface area contributed by atoms with Crippen LogP contribution in [0.1, 0.15) is 27.4 Å². The highest BCUT2D eigenvalue weighted by Crippen LogP contribution is 2.19. The molecule has 21 heavy (non-hydrogen) atoms. The second kappa shape index (κ2) is 5.05. The van der Waals surface area contributed by atoms with Crippen LogP contribution in [0, 0.1) is 13.8 Å². The molecule has 0 radical (unpaired) electrons. The van der Waals surface area contributed by atoms with E-state index in [0.717, 1.165) is 11.0 Å². The average Bonchev–Trinajstić information content (AvgIpc) is 3.08. The number of fused-ring (bicyclic) bond motifs is 1. The van der Waals surface area contributed by atoms with Gasteiger partial charge in [-0.2, -0.15) is 0 Å². The summed E-state index contributed by atoms with van der Waals surface area (Å²) in [6, 6.07) is 7.39. The van der Waals surface area contributed by atoms with Gasteiger partial charge in [-0.1, -0.05) is 5.21 Å². The molecule has 0 aliphatic heterocycles. The number of carbonyl (C=O) groups excluding carboxylic acids is 1. The summed E-state index contributed by atoms with van der Waals surface area (Å²) in [4.78, 5) is 11.4. The number of aromatic nitrogens is 3. The van der Waals surface area contributed by atoms with Gasteiger partial charge >= 0.3 is 5.97 Å². The normalized spacial score (nSPS) is 11.0. The van der Waals surface area contributed by atoms with E-state index in [1.165, 1.54) is 18.2 Å². The van der Waals surface area contributed by atoms with Gasteiger partial charge in [-0.3, -0.25) is 0 Å². The van der Waals surface area contributed by atoms with E-state index in [2.05, 4.69) is 21.1 Å². The van der Waals surface area contributed by atoms with E-state index in [0.29, 0.717) is 12.3 Å². The minimum Gasteiger partial charge on any atom is -0.463 e. The smallest absolute Gasteiger partial charge is 0.373 e. The molecule has 0 atom stereocenters. The largest absolute Gasteiger partial charge is 0.463 e. The maximum absolute atomic E-state index is 11.4. The first-order chi connectivity index (χ1) is 10.1. The van der Waals surface area contributed by atoms with Gasteiger partial charge in [-0.15, -0.1) is 5.10 Å². The summed E-state index contributed by atoms with van der Waals surface area (Å²) < 4.78 is 11.8. The number of nitrogens with zero attached hydrogens (tertiary/aromatic N) is 3. The molecule has 0 aliphatic rings. The van der Waals surface area contributed by atoms with Crippen LogP contribution >= 0.6 is 0 Å². The van der Waals surface area contributed by atoms with Crippen LogP contribution in [-0.2, 0) is 11.3 Å². The highest BCUT2D eigenvalue weighted by atomic mass is 16.5. The Labute approximate surface area is 121 Å². The SMILES string of the molecule is COC(=O)c1ccc(Cn2nnc3cc(C)c(C)cc32)o1. The number of esters is 1. The van der Waals surface area contributed by atoms with Gasteiger partial charge in [-0.05, 0) is 49.2 Å². The van der Waals surface area contributed by atoms with Crippen LogP contribution in [0.25, 0.3) is 11.0 Å². The third-order valence-corrected chi connectivity index (χ3v) is 3.48. The predicted molar refractivity (Wildman–Crippen MR) is 76.2 cm³/mol. The highest BCUT2D eigenvalue weighted by Gasteiger charge is 2.13. The van der Waals surface area contributed by atoms with Crippen molar-refractivity contribution in [3.05, 3.63) is 46.9 Å². The molecule has 0 unspecified atom stereocenters. The first-order valence-electron chi connectivity index (χ1n) is 6.56. The molecule has 0 N–H and O–H groups in total. The van der Waals surface area contributed by atoms with Gasteiger partial charge in [0.1, 0.15) is 17.8 Å². The molecule has 0 amide bonds. The molecule has 6 heteroatoms. The summed E-state index contributed by atoms with van der Waals surface area (Å²) in [7, 11) is 1.32. The molecule has 6 nitrogen and oxygen atoms in total. The standard InChI is InChI=1S/C15H15N3O3/c1-9-6-12-13(7-10(9)2)18(17-16-12)8-11-4-5-14(21-11)15(19)20-3/h4-7H,8H2,1-3H3. The van der Waals surface area contributed by atoms with Crippen LogP contribution in [0.3, 0.4) is 0 Å². The number of rotatable bonds is 3. The summed E-state index contributed by atoms with van der Waals surface area (Å²) in [6.07, 6.45) is 0. The van der Waals surface area contributed by atoms with E-state index in [1.54, 1.807) is 16.8 Å². The van der Waals surface area contributed by atoms with Gasteiger partial charge < -0.3 is 9.15 Å². The van der Waals surface area contributed by atoms with E-state index in [1.807, 2.05) is 19.9 Å². The van der Waals surface area contributed by atoms with E-state index >= 15 is 0 Å². The van der Waals surface area contributed by atoms with Gasteiger partial charge in [0.2, 0.25) is 5.76 Å². The van der Waals surface area contributed by atoms with Crippen LogP contribution in [0.2, 0.25) is 0 Å². The van der Waals surface area contributed by atoms with Gasteiger partial charge in [0.25, 0.3) is 0 Å². The summed E-state index contributed by atoms with van der Waals surface area (Å²) >= 11 is 0. The topological polar surface area (TPSA) is 70.2 Å². The number of benzene rings is 1. The van der Waals surface area contributed by atoms with Crippen molar-refractivity contribution in [2.75, 3.05) is 7.11 Å². The van der Waals surface area contributed by atoms with Crippen LogP contribution in [-0.4, -0.2) is 28.1 Å². The van der Waals surface area contributed by atoms with Crippen molar-refractivity contribution in [2.45, 2.75) is 20.4 Å². The Balaban J connectivity index is 1.93. The Kier molecular flexibility index (Phi) is 3.21. The molecule has 0 saturated heterocycles. The molecule has 0 fully saturated rings. The second-order valence-electron chi connectivity index (χ2n) is 4.93. The van der Waals surface area contributed by atoms with Crippen molar-refractivity contribution in [2.24, 2.45) is 0 Å². The van der Waals surface area contributed by atoms with Crippen LogP contribution in [0.5, 0.6) is 0 Å². The molecular formula is C15H15N3O3. The molecule has 2 heterocycles. The Bertz CT molecular complexity index is 817. The quantitative estimate of drug-likeness (QED) is 0.691. The van der Waals surface area contributed by atoms with Crippen molar-refractivity contribution in [3.8, 4) is 0 Å². The van der Waals surface area contributed by atoms with Crippen molar-refractivity contribution in [3.63, 3.8) is 0 Å². The summed E-state index contributed by atoms with van der Waals surface area (Å²) in [5.41, 5.74) is 4.15. The number of methoxy groups -OCH3 is 1. The van der Waals surface area contributed by atoms with E-state index in [-0.39, 0.29) is 5.76 Å². The summed E-state index contributed by atoms with van der Waals surface area (Å²) in [5.74, 6) is 0.320. The fourth-order valence-corrected chi connectivity index (χ4v) is 2.16. The number of aryl methyl sites for hydroxylation is 2. The monoisotopic (exact) mass is 285 g/mol. The maximum atomic E-state index is 11.4. The number of carbonyl (C=O) groups is 1. The average molecular weight is 285 g/mol. The third kappa shape index (κ3) is 2.40. The van der Waals surface area contributed by atoms with E-state index in [9.17, 15) is 4.79 Å². The lowest BCUT2D eigenvalue weighted by molar-refractivity contribution is 0.0563. The Morgan fingerprint density at radius 2 is 2.05 bits per heavy atom. The number of hydrogen-bond acceptors (Lipinski definition) is 5. The van der Waals surface area contributed by atoms with Crippen molar-refractivity contribution in [1.82, 2.24) is 15.0 Å². The maximum Gasteiger partial charge on any atom is 0.373 e.